The number of nitrogens with zero attached hydrogens (tertiary/aromatic N) is 1. The third-order valence-corrected chi connectivity index (χ3v) is 9.71. The van der Waals surface area contributed by atoms with Crippen LogP contribution >= 0.6 is 23.5 Å². The van der Waals surface area contributed by atoms with Crippen LogP contribution in [0.2, 0.25) is 0 Å². The van der Waals surface area contributed by atoms with Crippen molar-refractivity contribution in [3.63, 3.8) is 0 Å². The standard InChI is InChI=1S/C31H45N5O4S2/c32-27-11-4-12-28(35-27)36-30(38)21-42-18-6-16-40-24-14-13-22(19-24)25-9-3-10-26(31(25)33)34-29(37)20-41-17-5-15-39-23-7-1-2-8-23/h3-4,9-12,22-24H,1-2,5-8,13-21,33H2,(H,34,37)(H3,32,35,36,38). The van der Waals surface area contributed by atoms with Gasteiger partial charge in [0.1, 0.15) is 11.6 Å². The van der Waals surface area contributed by atoms with Gasteiger partial charge in [-0.1, -0.05) is 31.0 Å². The molecule has 2 aromatic rings. The average molecular weight is 616 g/mol. The first kappa shape index (κ1) is 32.4. The molecule has 1 heterocycles. The van der Waals surface area contributed by atoms with Crippen LogP contribution < -0.4 is 22.1 Å². The molecule has 0 bridgehead atoms. The molecule has 2 aliphatic rings. The number of nitrogens with one attached hydrogen (secondary N) is 2. The summed E-state index contributed by atoms with van der Waals surface area (Å²) in [6.07, 6.45) is 10.4. The van der Waals surface area contributed by atoms with E-state index in [1.807, 2.05) is 12.1 Å². The lowest BCUT2D eigenvalue weighted by Gasteiger charge is -2.17. The van der Waals surface area contributed by atoms with Crippen molar-refractivity contribution in [2.75, 3.05) is 58.3 Å². The molecule has 1 aromatic heterocycles. The quantitative estimate of drug-likeness (QED) is 0.131. The molecule has 2 saturated carbocycles. The Kier molecular flexibility index (Phi) is 13.6. The summed E-state index contributed by atoms with van der Waals surface area (Å²) < 4.78 is 12.0. The predicted molar refractivity (Wildman–Crippen MR) is 175 cm³/mol. The average Bonchev–Trinajstić information content (AvgIpc) is 3.66. The molecule has 4 rings (SSSR count). The summed E-state index contributed by atoms with van der Waals surface area (Å²) in [6.45, 7) is 1.45. The van der Waals surface area contributed by atoms with Gasteiger partial charge in [0.15, 0.2) is 0 Å². The van der Waals surface area contributed by atoms with Crippen LogP contribution in [-0.2, 0) is 19.1 Å². The Hall–Kier alpha value is -2.47. The number of nitrogen functional groups attached to an aromatic ring is 2. The Morgan fingerprint density at radius 2 is 1.50 bits per heavy atom. The third-order valence-electron chi connectivity index (χ3n) is 7.62. The number of hydrogen-bond acceptors (Lipinski definition) is 9. The normalized spacial score (nSPS) is 18.8. The van der Waals surface area contributed by atoms with Gasteiger partial charge in [0.25, 0.3) is 0 Å². The zero-order chi connectivity index (χ0) is 29.6. The van der Waals surface area contributed by atoms with Crippen LogP contribution in [0.1, 0.15) is 69.3 Å². The van der Waals surface area contributed by atoms with Crippen molar-refractivity contribution < 1.29 is 19.1 Å². The Labute approximate surface area is 258 Å². The SMILES string of the molecule is Nc1cccc(NC(=O)CSCCCOC2CCC(c3cccc(NC(=O)CSCCCOC4CCCC4)c3N)C2)n1. The summed E-state index contributed by atoms with van der Waals surface area (Å²) in [5.74, 6) is 3.58. The second kappa shape index (κ2) is 17.6. The van der Waals surface area contributed by atoms with Gasteiger partial charge < -0.3 is 31.6 Å². The third kappa shape index (κ3) is 11.0. The molecule has 2 unspecified atom stereocenters. The van der Waals surface area contributed by atoms with Crippen LogP contribution in [0.5, 0.6) is 0 Å². The van der Waals surface area contributed by atoms with Crippen LogP contribution in [-0.4, -0.2) is 65.2 Å². The van der Waals surface area contributed by atoms with Gasteiger partial charge >= 0.3 is 0 Å². The first-order valence-electron chi connectivity index (χ1n) is 15.1. The Balaban J connectivity index is 1.08. The minimum atomic E-state index is -0.0905. The van der Waals surface area contributed by atoms with E-state index in [0.29, 0.717) is 53.1 Å². The van der Waals surface area contributed by atoms with E-state index >= 15 is 0 Å². The lowest BCUT2D eigenvalue weighted by Crippen LogP contribution is -2.17. The first-order chi connectivity index (χ1) is 20.5. The van der Waals surface area contributed by atoms with Crippen molar-refractivity contribution in [2.24, 2.45) is 0 Å². The van der Waals surface area contributed by atoms with Gasteiger partial charge in [0.2, 0.25) is 11.8 Å². The highest BCUT2D eigenvalue weighted by molar-refractivity contribution is 8.00. The number of anilines is 4. The highest BCUT2D eigenvalue weighted by Gasteiger charge is 2.28. The van der Waals surface area contributed by atoms with Crippen LogP contribution in [0.25, 0.3) is 0 Å². The number of carbonyl (C=O) groups is 2. The molecular formula is C31H45N5O4S2. The van der Waals surface area contributed by atoms with Gasteiger partial charge in [0, 0.05) is 13.2 Å². The highest BCUT2D eigenvalue weighted by Crippen LogP contribution is 2.40. The summed E-state index contributed by atoms with van der Waals surface area (Å²) in [5, 5.41) is 5.77. The fourth-order valence-corrected chi connectivity index (χ4v) is 6.96. The van der Waals surface area contributed by atoms with Crippen molar-refractivity contribution in [3.05, 3.63) is 42.0 Å². The number of para-hydroxylation sites is 1. The monoisotopic (exact) mass is 615 g/mol. The molecule has 9 nitrogen and oxygen atoms in total. The molecule has 0 radical (unpaired) electrons. The van der Waals surface area contributed by atoms with E-state index < -0.39 is 0 Å². The maximum atomic E-state index is 12.5. The molecule has 0 spiro atoms. The van der Waals surface area contributed by atoms with E-state index in [2.05, 4.69) is 21.7 Å². The molecule has 2 aliphatic carbocycles. The lowest BCUT2D eigenvalue weighted by molar-refractivity contribution is -0.114. The molecule has 0 aliphatic heterocycles. The molecule has 0 saturated heterocycles. The molecule has 2 fully saturated rings. The molecule has 6 N–H and O–H groups in total. The van der Waals surface area contributed by atoms with Gasteiger partial charge in [-0.25, -0.2) is 4.98 Å². The van der Waals surface area contributed by atoms with Crippen molar-refractivity contribution >= 4 is 58.3 Å². The van der Waals surface area contributed by atoms with Crippen LogP contribution in [0, 0.1) is 0 Å². The molecule has 230 valence electrons. The number of aromatic nitrogens is 1. The smallest absolute Gasteiger partial charge is 0.235 e. The van der Waals surface area contributed by atoms with E-state index in [1.54, 1.807) is 41.7 Å². The van der Waals surface area contributed by atoms with Gasteiger partial charge in [0.05, 0.1) is 35.1 Å². The Morgan fingerprint density at radius 1 is 0.833 bits per heavy atom. The second-order valence-corrected chi connectivity index (χ2v) is 13.2. The first-order valence-corrected chi connectivity index (χ1v) is 17.4. The fraction of sp³-hybridized carbons (Fsp3) is 0.581. The summed E-state index contributed by atoms with van der Waals surface area (Å²) in [6, 6.07) is 11.1. The summed E-state index contributed by atoms with van der Waals surface area (Å²) in [7, 11) is 0. The van der Waals surface area contributed by atoms with Crippen LogP contribution in [0.15, 0.2) is 36.4 Å². The fourth-order valence-electron chi connectivity index (χ4n) is 5.52. The van der Waals surface area contributed by atoms with E-state index in [1.165, 1.54) is 25.7 Å². The van der Waals surface area contributed by atoms with Crippen LogP contribution in [0.3, 0.4) is 0 Å². The molecule has 11 heteroatoms. The summed E-state index contributed by atoms with van der Waals surface area (Å²) in [4.78, 5) is 28.7. The molecule has 42 heavy (non-hydrogen) atoms. The van der Waals surface area contributed by atoms with Gasteiger partial charge in [-0.2, -0.15) is 23.5 Å². The Bertz CT molecular complexity index is 1150. The molecule has 1 aromatic carbocycles. The summed E-state index contributed by atoms with van der Waals surface area (Å²) in [5.41, 5.74) is 14.6. The van der Waals surface area contributed by atoms with Crippen LogP contribution in [0.4, 0.5) is 23.0 Å². The minimum Gasteiger partial charge on any atom is -0.397 e. The van der Waals surface area contributed by atoms with Crippen molar-refractivity contribution in [2.45, 2.75) is 75.9 Å². The second-order valence-electron chi connectivity index (χ2n) is 10.9. The van der Waals surface area contributed by atoms with Crippen molar-refractivity contribution in [1.29, 1.82) is 0 Å². The number of nitrogens with two attached hydrogens (primary N) is 2. The minimum absolute atomic E-state index is 0.0232. The number of thioether (sulfide) groups is 2. The molecule has 2 atom stereocenters. The van der Waals surface area contributed by atoms with Crippen molar-refractivity contribution in [1.82, 2.24) is 4.98 Å². The van der Waals surface area contributed by atoms with Gasteiger partial charge in [-0.15, -0.1) is 0 Å². The number of carbonyl (C=O) groups excluding carboxylic acids is 2. The number of ether oxygens (including phenoxy) is 2. The maximum absolute atomic E-state index is 12.5. The Morgan fingerprint density at radius 3 is 2.21 bits per heavy atom. The summed E-state index contributed by atoms with van der Waals surface area (Å²) >= 11 is 3.21. The zero-order valence-electron chi connectivity index (χ0n) is 24.4. The lowest BCUT2D eigenvalue weighted by atomic mass is 9.95. The molecular weight excluding hydrogens is 571 g/mol. The van der Waals surface area contributed by atoms with E-state index in [9.17, 15) is 9.59 Å². The number of pyridine rings is 1. The largest absolute Gasteiger partial charge is 0.397 e. The highest BCUT2D eigenvalue weighted by atomic mass is 32.2. The van der Waals surface area contributed by atoms with Gasteiger partial charge in [-0.05, 0) is 86.1 Å². The van der Waals surface area contributed by atoms with E-state index in [-0.39, 0.29) is 17.9 Å². The number of hydrogen-bond donors (Lipinski definition) is 4. The number of rotatable bonds is 17. The van der Waals surface area contributed by atoms with Gasteiger partial charge in [-0.3, -0.25) is 9.59 Å². The number of benzene rings is 1. The predicted octanol–water partition coefficient (Wildman–Crippen LogP) is 5.68. The number of amides is 2. The van der Waals surface area contributed by atoms with E-state index in [0.717, 1.165) is 55.8 Å². The van der Waals surface area contributed by atoms with E-state index in [4.69, 9.17) is 20.9 Å². The topological polar surface area (TPSA) is 142 Å². The maximum Gasteiger partial charge on any atom is 0.235 e. The zero-order valence-corrected chi connectivity index (χ0v) is 26.0. The van der Waals surface area contributed by atoms with Crippen molar-refractivity contribution in [3.8, 4) is 0 Å². The molecule has 2 amide bonds.